The number of allylic oxidation sites excluding steroid dienone is 3. The summed E-state index contributed by atoms with van der Waals surface area (Å²) in [6.07, 6.45) is 2.09. The molecule has 1 aliphatic rings. The number of halogens is 4. The van der Waals surface area contributed by atoms with Crippen LogP contribution in [-0.4, -0.2) is 42.2 Å². The molecule has 6 atom stereocenters. The molecule has 1 fully saturated rings. The van der Waals surface area contributed by atoms with Crippen molar-refractivity contribution in [2.75, 3.05) is 6.61 Å². The predicted molar refractivity (Wildman–Crippen MR) is 132 cm³/mol. The molecule has 0 bridgehead atoms. The van der Waals surface area contributed by atoms with Crippen molar-refractivity contribution < 1.29 is 41.5 Å². The Morgan fingerprint density at radius 2 is 1.97 bits per heavy atom. The first kappa shape index (κ1) is 30.3. The van der Waals surface area contributed by atoms with Crippen molar-refractivity contribution in [3.05, 3.63) is 54.1 Å². The summed E-state index contributed by atoms with van der Waals surface area (Å²) in [5.74, 6) is -0.864. The van der Waals surface area contributed by atoms with Gasteiger partial charge in [0.05, 0.1) is 17.8 Å². The first-order valence-electron chi connectivity index (χ1n) is 12.0. The van der Waals surface area contributed by atoms with Crippen molar-refractivity contribution in [2.45, 2.75) is 76.6 Å². The van der Waals surface area contributed by atoms with E-state index >= 15 is 0 Å². The van der Waals surface area contributed by atoms with E-state index in [-0.39, 0.29) is 42.9 Å². The Labute approximate surface area is 212 Å². The summed E-state index contributed by atoms with van der Waals surface area (Å²) in [5.41, 5.74) is -0.841. The van der Waals surface area contributed by atoms with Crippen LogP contribution >= 0.6 is 9.47 Å². The lowest BCUT2D eigenvalue weighted by molar-refractivity contribution is -0.147. The number of ether oxygens (including phenoxy) is 2. The third-order valence-corrected chi connectivity index (χ3v) is 6.22. The number of aliphatic hydroxyl groups is 1. The van der Waals surface area contributed by atoms with Crippen molar-refractivity contribution in [1.29, 1.82) is 0 Å². The molecule has 1 saturated carbocycles. The molecule has 0 amide bonds. The minimum atomic E-state index is -4.49. The van der Waals surface area contributed by atoms with E-state index in [2.05, 4.69) is 9.47 Å². The molecule has 202 valence electrons. The molecular formula is C26H35F4O5P. The Balaban J connectivity index is 1.86. The molecule has 0 radical (unpaired) electrons. The fraction of sp³-hybridized carbons (Fsp3) is 0.577. The van der Waals surface area contributed by atoms with Crippen molar-refractivity contribution >= 4 is 15.4 Å². The highest BCUT2D eigenvalue weighted by Crippen LogP contribution is 2.41. The molecule has 5 nitrogen and oxygen atoms in total. The molecule has 1 aromatic rings. The molecule has 1 aliphatic carbocycles. The molecule has 0 aliphatic heterocycles. The van der Waals surface area contributed by atoms with Gasteiger partial charge in [-0.1, -0.05) is 30.4 Å². The molecule has 10 heteroatoms. The molecule has 36 heavy (non-hydrogen) atoms. The van der Waals surface area contributed by atoms with Crippen molar-refractivity contribution in [3.63, 3.8) is 0 Å². The molecule has 0 aromatic heterocycles. The van der Waals surface area contributed by atoms with E-state index in [0.717, 1.165) is 12.1 Å². The highest BCUT2D eigenvalue weighted by Gasteiger charge is 2.42. The maximum Gasteiger partial charge on any atom is 0.416 e. The quantitative estimate of drug-likeness (QED) is 0.141. The summed E-state index contributed by atoms with van der Waals surface area (Å²) in [6, 6.07) is 4.40. The second-order valence-electron chi connectivity index (χ2n) is 9.08. The van der Waals surface area contributed by atoms with Crippen LogP contribution in [0.15, 0.2) is 48.6 Å². The highest BCUT2D eigenvalue weighted by atomic mass is 31.0. The summed E-state index contributed by atoms with van der Waals surface area (Å²) >= 11 is 0. The Morgan fingerprint density at radius 3 is 2.64 bits per heavy atom. The van der Waals surface area contributed by atoms with E-state index in [1.165, 1.54) is 18.2 Å². The number of hydrogen-bond acceptors (Lipinski definition) is 5. The van der Waals surface area contributed by atoms with Crippen LogP contribution in [0.1, 0.15) is 51.5 Å². The van der Waals surface area contributed by atoms with Gasteiger partial charge in [-0.3, -0.25) is 4.79 Å². The van der Waals surface area contributed by atoms with Gasteiger partial charge >= 0.3 is 12.1 Å². The van der Waals surface area contributed by atoms with Gasteiger partial charge in [-0.05, 0) is 57.2 Å². The van der Waals surface area contributed by atoms with E-state index in [4.69, 9.17) is 14.0 Å². The molecule has 0 spiro atoms. The highest BCUT2D eigenvalue weighted by molar-refractivity contribution is 7.09. The molecule has 1 aromatic carbocycles. The average Bonchev–Trinajstić information content (AvgIpc) is 3.11. The first-order valence-corrected chi connectivity index (χ1v) is 12.5. The van der Waals surface area contributed by atoms with Gasteiger partial charge in [0.2, 0.25) is 0 Å². The van der Waals surface area contributed by atoms with Gasteiger partial charge in [0, 0.05) is 28.2 Å². The van der Waals surface area contributed by atoms with Gasteiger partial charge in [-0.2, -0.15) is 13.2 Å². The van der Waals surface area contributed by atoms with Crippen LogP contribution in [-0.2, 0) is 20.2 Å². The Morgan fingerprint density at radius 1 is 1.25 bits per heavy atom. The van der Waals surface area contributed by atoms with Crippen LogP contribution in [0.4, 0.5) is 17.6 Å². The molecular weight excluding hydrogens is 499 g/mol. The smallest absolute Gasteiger partial charge is 0.416 e. The van der Waals surface area contributed by atoms with Crippen LogP contribution in [0, 0.1) is 11.8 Å². The van der Waals surface area contributed by atoms with Gasteiger partial charge in [-0.25, -0.2) is 4.39 Å². The standard InChI is InChI=1S/C26H35F4O5P/c1-17(2)34-25(32)11-6-4-3-5-10-22-21(23(27)15-24(22)35-36)13-12-19(31)16-33-20-9-7-8-18(14-20)26(28,29)30/h3-4,7-9,12-14,17,19,21-24,31H,5-6,10-11,15-16,36H2,1-2H3/b4-3-,13-12+/t19?,21-,22-,23?,24?/m1/s1. The average molecular weight is 535 g/mol. The van der Waals surface area contributed by atoms with E-state index in [9.17, 15) is 27.5 Å². The molecule has 0 saturated heterocycles. The SMILES string of the molecule is CC(C)OC(=O)CC/C=C\CC[C@H]1C(OP)CC(F)[C@@H]1/C=C/C(O)COc1cccc(C(F)(F)F)c1. The number of esters is 1. The number of aliphatic hydroxyl groups excluding tert-OH is 1. The summed E-state index contributed by atoms with van der Waals surface area (Å²) in [5, 5.41) is 10.2. The lowest BCUT2D eigenvalue weighted by Crippen LogP contribution is -2.21. The second kappa shape index (κ2) is 14.7. The third kappa shape index (κ3) is 10.2. The van der Waals surface area contributed by atoms with Crippen LogP contribution < -0.4 is 4.74 Å². The number of carbonyl (C=O) groups excluding carboxylic acids is 1. The van der Waals surface area contributed by atoms with Crippen molar-refractivity contribution in [3.8, 4) is 5.75 Å². The van der Waals surface area contributed by atoms with Gasteiger partial charge in [0.15, 0.2) is 0 Å². The Kier molecular flexibility index (Phi) is 12.4. The summed E-state index contributed by atoms with van der Waals surface area (Å²) < 4.78 is 69.0. The van der Waals surface area contributed by atoms with Gasteiger partial charge in [-0.15, -0.1) is 0 Å². The fourth-order valence-electron chi connectivity index (χ4n) is 4.17. The fourth-order valence-corrected chi connectivity index (χ4v) is 4.48. The van der Waals surface area contributed by atoms with E-state index in [1.54, 1.807) is 19.9 Å². The number of hydrogen-bond donors (Lipinski definition) is 1. The Hall–Kier alpha value is -1.96. The van der Waals surface area contributed by atoms with Crippen LogP contribution in [0.25, 0.3) is 0 Å². The zero-order valence-electron chi connectivity index (χ0n) is 20.5. The van der Waals surface area contributed by atoms with E-state index in [0.29, 0.717) is 25.7 Å². The maximum atomic E-state index is 14.7. The van der Waals surface area contributed by atoms with Crippen LogP contribution in [0.2, 0.25) is 0 Å². The van der Waals surface area contributed by atoms with E-state index in [1.807, 2.05) is 12.2 Å². The number of carbonyl (C=O) groups is 1. The normalized spacial score (nSPS) is 23.6. The van der Waals surface area contributed by atoms with Crippen LogP contribution in [0.5, 0.6) is 5.75 Å². The number of benzene rings is 1. The minimum Gasteiger partial charge on any atom is -0.491 e. The third-order valence-electron chi connectivity index (χ3n) is 5.88. The zero-order valence-corrected chi connectivity index (χ0v) is 21.6. The molecule has 1 N–H and O–H groups in total. The van der Waals surface area contributed by atoms with Crippen molar-refractivity contribution in [1.82, 2.24) is 0 Å². The van der Waals surface area contributed by atoms with Gasteiger partial charge in [0.25, 0.3) is 0 Å². The number of alkyl halides is 4. The lowest BCUT2D eigenvalue weighted by Gasteiger charge is -2.22. The molecule has 0 heterocycles. The zero-order chi connectivity index (χ0) is 26.7. The van der Waals surface area contributed by atoms with Gasteiger partial charge in [0.1, 0.15) is 24.6 Å². The first-order chi connectivity index (χ1) is 17.0. The summed E-state index contributed by atoms with van der Waals surface area (Å²) in [7, 11) is 2.18. The van der Waals surface area contributed by atoms with Crippen LogP contribution in [0.3, 0.4) is 0 Å². The predicted octanol–water partition coefficient (Wildman–Crippen LogP) is 6.22. The molecule has 2 rings (SSSR count). The maximum absolute atomic E-state index is 14.7. The van der Waals surface area contributed by atoms with Crippen molar-refractivity contribution in [2.24, 2.45) is 11.8 Å². The van der Waals surface area contributed by atoms with Gasteiger partial charge < -0.3 is 19.1 Å². The minimum absolute atomic E-state index is 0.0138. The molecule has 4 unspecified atom stereocenters. The largest absolute Gasteiger partial charge is 0.491 e. The monoisotopic (exact) mass is 534 g/mol. The second-order valence-corrected chi connectivity index (χ2v) is 9.35. The summed E-state index contributed by atoms with van der Waals surface area (Å²) in [6.45, 7) is 3.33. The Bertz CT molecular complexity index is 874. The van der Waals surface area contributed by atoms with E-state index < -0.39 is 29.9 Å². The summed E-state index contributed by atoms with van der Waals surface area (Å²) in [4.78, 5) is 11.6. The lowest BCUT2D eigenvalue weighted by atomic mass is 9.89. The topological polar surface area (TPSA) is 65.0 Å². The number of rotatable bonds is 13.